The molecule has 0 saturated heterocycles. The molecule has 102 valence electrons. The van der Waals surface area contributed by atoms with E-state index in [1.807, 2.05) is 0 Å². The van der Waals surface area contributed by atoms with Crippen LogP contribution in [0, 0.1) is 0 Å². The minimum atomic E-state index is -4.98. The molecule has 0 aliphatic carbocycles. The lowest BCUT2D eigenvalue weighted by Crippen LogP contribution is -2.41. The van der Waals surface area contributed by atoms with Gasteiger partial charge in [0.1, 0.15) is 0 Å². The van der Waals surface area contributed by atoms with Gasteiger partial charge in [0.2, 0.25) is 5.91 Å². The van der Waals surface area contributed by atoms with Crippen LogP contribution in [0.3, 0.4) is 0 Å². The lowest BCUT2D eigenvalue weighted by Gasteiger charge is -2.22. The van der Waals surface area contributed by atoms with Gasteiger partial charge in [0, 0.05) is 17.8 Å². The van der Waals surface area contributed by atoms with Crippen molar-refractivity contribution in [2.75, 3.05) is 11.4 Å². The molecule has 1 aromatic rings. The third-order valence-corrected chi connectivity index (χ3v) is 2.26. The fourth-order valence-electron chi connectivity index (χ4n) is 1.39. The Kier molecular flexibility index (Phi) is 4.31. The first-order valence-electron chi connectivity index (χ1n) is 5.17. The maximum atomic E-state index is 12.4. The average molecular weight is 272 g/mol. The normalized spacial score (nSPS) is 10.9. The molecule has 0 unspecified atom stereocenters. The lowest BCUT2D eigenvalue weighted by molar-refractivity contribution is -0.170. The first kappa shape index (κ1) is 14.7. The number of benzene rings is 1. The van der Waals surface area contributed by atoms with Gasteiger partial charge >= 0.3 is 12.1 Å². The Morgan fingerprint density at radius 1 is 1.26 bits per heavy atom. The van der Waals surface area contributed by atoms with Crippen molar-refractivity contribution >= 4 is 17.5 Å². The summed E-state index contributed by atoms with van der Waals surface area (Å²) in [6.45, 7) is 3.00. The zero-order valence-electron chi connectivity index (χ0n) is 9.78. The fourth-order valence-corrected chi connectivity index (χ4v) is 1.39. The quantitative estimate of drug-likeness (QED) is 0.850. The maximum Gasteiger partial charge on any atom is 0.471 e. The first-order valence-corrected chi connectivity index (χ1v) is 5.17. The van der Waals surface area contributed by atoms with Gasteiger partial charge in [-0.3, -0.25) is 9.59 Å². The van der Waals surface area contributed by atoms with E-state index in [9.17, 15) is 22.8 Å². The van der Waals surface area contributed by atoms with Gasteiger partial charge in [-0.2, -0.15) is 13.2 Å². The van der Waals surface area contributed by atoms with Crippen LogP contribution in [-0.4, -0.2) is 24.5 Å². The number of halogens is 3. The molecule has 0 fully saturated rings. The van der Waals surface area contributed by atoms with Crippen molar-refractivity contribution in [2.45, 2.75) is 6.18 Å². The van der Waals surface area contributed by atoms with Gasteiger partial charge in [-0.25, -0.2) is 0 Å². The standard InChI is InChI=1S/C12H11F3N2O2/c1-2-7-17(11(19)12(13,14)15)9-5-3-8(4-6-9)10(16)18/h2-6H,1,7H2,(H2,16,18). The van der Waals surface area contributed by atoms with Gasteiger partial charge in [0.05, 0.1) is 0 Å². The Labute approximate surface area is 107 Å². The molecule has 0 aliphatic rings. The number of hydrogen-bond acceptors (Lipinski definition) is 2. The summed E-state index contributed by atoms with van der Waals surface area (Å²) < 4.78 is 37.2. The third kappa shape index (κ3) is 3.57. The summed E-state index contributed by atoms with van der Waals surface area (Å²) >= 11 is 0. The van der Waals surface area contributed by atoms with Crippen LogP contribution in [0.15, 0.2) is 36.9 Å². The van der Waals surface area contributed by atoms with Gasteiger partial charge in [-0.05, 0) is 24.3 Å². The van der Waals surface area contributed by atoms with Crippen molar-refractivity contribution in [1.82, 2.24) is 0 Å². The molecular weight excluding hydrogens is 261 g/mol. The van der Waals surface area contributed by atoms with E-state index in [0.717, 1.165) is 0 Å². The minimum Gasteiger partial charge on any atom is -0.366 e. The number of amides is 2. The smallest absolute Gasteiger partial charge is 0.366 e. The highest BCUT2D eigenvalue weighted by molar-refractivity contribution is 5.98. The van der Waals surface area contributed by atoms with E-state index >= 15 is 0 Å². The van der Waals surface area contributed by atoms with Crippen molar-refractivity contribution in [2.24, 2.45) is 5.73 Å². The predicted molar refractivity (Wildman–Crippen MR) is 63.6 cm³/mol. The number of nitrogens with two attached hydrogens (primary N) is 1. The molecule has 0 spiro atoms. The van der Waals surface area contributed by atoms with Crippen LogP contribution in [0.25, 0.3) is 0 Å². The number of carbonyl (C=O) groups is 2. The van der Waals surface area contributed by atoms with E-state index < -0.39 is 18.0 Å². The first-order chi connectivity index (χ1) is 8.77. The predicted octanol–water partition coefficient (Wildman–Crippen LogP) is 1.87. The van der Waals surface area contributed by atoms with E-state index in [0.29, 0.717) is 4.90 Å². The summed E-state index contributed by atoms with van der Waals surface area (Å²) in [7, 11) is 0. The molecule has 0 atom stereocenters. The summed E-state index contributed by atoms with van der Waals surface area (Å²) in [5, 5.41) is 0. The van der Waals surface area contributed by atoms with Crippen molar-refractivity contribution in [3.05, 3.63) is 42.5 Å². The SMILES string of the molecule is C=CCN(C(=O)C(F)(F)F)c1ccc(C(N)=O)cc1. The van der Waals surface area contributed by atoms with Crippen molar-refractivity contribution in [3.8, 4) is 0 Å². The van der Waals surface area contributed by atoms with Crippen LogP contribution in [0.2, 0.25) is 0 Å². The number of anilines is 1. The average Bonchev–Trinajstić information content (AvgIpc) is 2.34. The van der Waals surface area contributed by atoms with Crippen molar-refractivity contribution in [3.63, 3.8) is 0 Å². The van der Waals surface area contributed by atoms with E-state index in [4.69, 9.17) is 5.73 Å². The molecule has 2 amide bonds. The molecule has 0 bridgehead atoms. The highest BCUT2D eigenvalue weighted by Gasteiger charge is 2.42. The molecule has 0 heterocycles. The number of nitrogens with zero attached hydrogens (tertiary/aromatic N) is 1. The number of hydrogen-bond donors (Lipinski definition) is 1. The van der Waals surface area contributed by atoms with E-state index in [2.05, 4.69) is 6.58 Å². The van der Waals surface area contributed by atoms with Gasteiger partial charge in [0.25, 0.3) is 0 Å². The van der Waals surface area contributed by atoms with Gasteiger partial charge in [0.15, 0.2) is 0 Å². The summed E-state index contributed by atoms with van der Waals surface area (Å²) in [6.07, 6.45) is -3.81. The summed E-state index contributed by atoms with van der Waals surface area (Å²) in [5.74, 6) is -2.71. The summed E-state index contributed by atoms with van der Waals surface area (Å²) in [6, 6.07) is 4.93. The number of alkyl halides is 3. The fraction of sp³-hybridized carbons (Fsp3) is 0.167. The number of rotatable bonds is 4. The summed E-state index contributed by atoms with van der Waals surface area (Å²) in [4.78, 5) is 22.6. The molecule has 1 rings (SSSR count). The van der Waals surface area contributed by atoms with Gasteiger partial charge < -0.3 is 10.6 Å². The van der Waals surface area contributed by atoms with Crippen LogP contribution in [-0.2, 0) is 4.79 Å². The second-order valence-corrected chi connectivity index (χ2v) is 3.61. The van der Waals surface area contributed by atoms with E-state index in [-0.39, 0.29) is 17.8 Å². The van der Waals surface area contributed by atoms with Crippen molar-refractivity contribution in [1.29, 1.82) is 0 Å². The third-order valence-electron chi connectivity index (χ3n) is 2.26. The molecule has 4 nitrogen and oxygen atoms in total. The van der Waals surface area contributed by atoms with Crippen LogP contribution in [0.1, 0.15) is 10.4 Å². The maximum absolute atomic E-state index is 12.4. The molecule has 0 saturated carbocycles. The molecule has 1 aromatic carbocycles. The van der Waals surface area contributed by atoms with E-state index in [1.54, 1.807) is 0 Å². The second-order valence-electron chi connectivity index (χ2n) is 3.61. The Morgan fingerprint density at radius 2 is 1.79 bits per heavy atom. The Balaban J connectivity index is 3.09. The molecule has 0 radical (unpaired) electrons. The monoisotopic (exact) mass is 272 g/mol. The highest BCUT2D eigenvalue weighted by Crippen LogP contribution is 2.24. The zero-order valence-corrected chi connectivity index (χ0v) is 9.78. The Hall–Kier alpha value is -2.31. The topological polar surface area (TPSA) is 63.4 Å². The summed E-state index contributed by atoms with van der Waals surface area (Å²) in [5.41, 5.74) is 5.16. The largest absolute Gasteiger partial charge is 0.471 e. The van der Waals surface area contributed by atoms with Crippen LogP contribution < -0.4 is 10.6 Å². The Morgan fingerprint density at radius 3 is 2.16 bits per heavy atom. The second kappa shape index (κ2) is 5.55. The van der Waals surface area contributed by atoms with E-state index in [1.165, 1.54) is 30.3 Å². The molecule has 0 aromatic heterocycles. The van der Waals surface area contributed by atoms with Crippen LogP contribution in [0.4, 0.5) is 18.9 Å². The zero-order chi connectivity index (χ0) is 14.6. The molecule has 2 N–H and O–H groups in total. The molecule has 0 aliphatic heterocycles. The Bertz CT molecular complexity index is 495. The lowest BCUT2D eigenvalue weighted by atomic mass is 10.2. The van der Waals surface area contributed by atoms with Gasteiger partial charge in [-0.1, -0.05) is 6.08 Å². The van der Waals surface area contributed by atoms with Crippen molar-refractivity contribution < 1.29 is 22.8 Å². The highest BCUT2D eigenvalue weighted by atomic mass is 19.4. The minimum absolute atomic E-state index is 0.00669. The number of primary amides is 1. The number of carbonyl (C=O) groups excluding carboxylic acids is 2. The van der Waals surface area contributed by atoms with Crippen LogP contribution in [0.5, 0.6) is 0 Å². The van der Waals surface area contributed by atoms with Gasteiger partial charge in [-0.15, -0.1) is 6.58 Å². The molecular formula is C12H11F3N2O2. The van der Waals surface area contributed by atoms with Crippen LogP contribution >= 0.6 is 0 Å². The molecule has 19 heavy (non-hydrogen) atoms. The molecule has 7 heteroatoms.